The highest BCUT2D eigenvalue weighted by atomic mass is 14.4. The zero-order valence-electron chi connectivity index (χ0n) is 9.90. The first-order valence-electron chi connectivity index (χ1n) is 6.04. The van der Waals surface area contributed by atoms with E-state index in [2.05, 4.69) is 27.7 Å². The van der Waals surface area contributed by atoms with Gasteiger partial charge in [0, 0.05) is 0 Å². The van der Waals surface area contributed by atoms with Crippen LogP contribution in [-0.4, -0.2) is 0 Å². The van der Waals surface area contributed by atoms with E-state index in [9.17, 15) is 0 Å². The van der Waals surface area contributed by atoms with Gasteiger partial charge in [-0.25, -0.2) is 0 Å². The second kappa shape index (κ2) is 4.48. The number of rotatable bonds is 4. The van der Waals surface area contributed by atoms with Crippen LogP contribution in [0.5, 0.6) is 0 Å². The van der Waals surface area contributed by atoms with Crippen LogP contribution in [0, 0.1) is 17.3 Å². The van der Waals surface area contributed by atoms with E-state index in [0.29, 0.717) is 5.41 Å². The van der Waals surface area contributed by atoms with E-state index in [1.807, 2.05) is 0 Å². The molecule has 2 atom stereocenters. The van der Waals surface area contributed by atoms with Crippen LogP contribution in [0.15, 0.2) is 0 Å². The third-order valence-corrected chi connectivity index (χ3v) is 4.10. The number of hydrogen-bond acceptors (Lipinski definition) is 0. The van der Waals surface area contributed by atoms with Crippen molar-refractivity contribution in [2.45, 2.75) is 66.2 Å². The second-order valence-electron chi connectivity index (χ2n) is 5.73. The van der Waals surface area contributed by atoms with Crippen LogP contribution in [-0.2, 0) is 0 Å². The lowest BCUT2D eigenvalue weighted by molar-refractivity contribution is 0.214. The molecule has 0 N–H and O–H groups in total. The Bertz CT molecular complexity index is 148. The molecule has 1 aliphatic carbocycles. The predicted molar refractivity (Wildman–Crippen MR) is 59.8 cm³/mol. The summed E-state index contributed by atoms with van der Waals surface area (Å²) in [5.41, 5.74) is 0.689. The molecule has 13 heavy (non-hydrogen) atoms. The van der Waals surface area contributed by atoms with Crippen molar-refractivity contribution in [2.75, 3.05) is 0 Å². The van der Waals surface area contributed by atoms with Gasteiger partial charge in [-0.05, 0) is 30.1 Å². The van der Waals surface area contributed by atoms with Crippen molar-refractivity contribution < 1.29 is 0 Å². The van der Waals surface area contributed by atoms with E-state index in [0.717, 1.165) is 11.8 Å². The average molecular weight is 182 g/mol. The lowest BCUT2D eigenvalue weighted by atomic mass is 9.76. The molecular formula is C13H26. The van der Waals surface area contributed by atoms with Crippen molar-refractivity contribution in [3.63, 3.8) is 0 Å². The molecule has 1 fully saturated rings. The molecular weight excluding hydrogens is 156 g/mol. The van der Waals surface area contributed by atoms with Gasteiger partial charge in [-0.3, -0.25) is 0 Å². The van der Waals surface area contributed by atoms with E-state index < -0.39 is 0 Å². The van der Waals surface area contributed by atoms with Crippen LogP contribution in [0.3, 0.4) is 0 Å². The van der Waals surface area contributed by atoms with Crippen molar-refractivity contribution in [1.82, 2.24) is 0 Å². The molecule has 0 heterocycles. The Balaban J connectivity index is 2.26. The van der Waals surface area contributed by atoms with Gasteiger partial charge >= 0.3 is 0 Å². The molecule has 0 saturated heterocycles. The van der Waals surface area contributed by atoms with Crippen molar-refractivity contribution in [1.29, 1.82) is 0 Å². The summed E-state index contributed by atoms with van der Waals surface area (Å²) < 4.78 is 0. The molecule has 0 radical (unpaired) electrons. The predicted octanol–water partition coefficient (Wildman–Crippen LogP) is 4.64. The molecule has 1 rings (SSSR count). The Morgan fingerprint density at radius 3 is 2.54 bits per heavy atom. The topological polar surface area (TPSA) is 0 Å². The molecule has 1 aliphatic rings. The first-order chi connectivity index (χ1) is 6.04. The number of hydrogen-bond donors (Lipinski definition) is 0. The van der Waals surface area contributed by atoms with Gasteiger partial charge in [0.15, 0.2) is 0 Å². The Morgan fingerprint density at radius 2 is 2.08 bits per heavy atom. The Kier molecular flexibility index (Phi) is 3.82. The van der Waals surface area contributed by atoms with Crippen molar-refractivity contribution in [3.05, 3.63) is 0 Å². The van der Waals surface area contributed by atoms with Gasteiger partial charge in [-0.2, -0.15) is 0 Å². The van der Waals surface area contributed by atoms with E-state index >= 15 is 0 Å². The lowest BCUT2D eigenvalue weighted by Gasteiger charge is -2.29. The van der Waals surface area contributed by atoms with Crippen molar-refractivity contribution in [2.24, 2.45) is 17.3 Å². The summed E-state index contributed by atoms with van der Waals surface area (Å²) in [7, 11) is 0. The quantitative estimate of drug-likeness (QED) is 0.594. The fourth-order valence-corrected chi connectivity index (χ4v) is 2.69. The summed E-state index contributed by atoms with van der Waals surface area (Å²) >= 11 is 0. The Morgan fingerprint density at radius 1 is 1.38 bits per heavy atom. The van der Waals surface area contributed by atoms with Gasteiger partial charge in [0.05, 0.1) is 0 Å². The molecule has 0 amide bonds. The maximum Gasteiger partial charge on any atom is -0.0300 e. The van der Waals surface area contributed by atoms with Crippen molar-refractivity contribution >= 4 is 0 Å². The van der Waals surface area contributed by atoms with Gasteiger partial charge in [0.2, 0.25) is 0 Å². The zero-order valence-corrected chi connectivity index (χ0v) is 9.90. The first kappa shape index (κ1) is 11.1. The normalized spacial score (nSPS) is 34.4. The summed E-state index contributed by atoms with van der Waals surface area (Å²) in [6.07, 6.45) is 8.75. The molecule has 0 bridgehead atoms. The largest absolute Gasteiger partial charge is 0.0628 e. The molecule has 0 heteroatoms. The monoisotopic (exact) mass is 182 g/mol. The third-order valence-electron chi connectivity index (χ3n) is 4.10. The van der Waals surface area contributed by atoms with Gasteiger partial charge in [0.25, 0.3) is 0 Å². The standard InChI is InChI=1S/C13H26/c1-11(2)7-5-9-13(4)10-6-8-12(13)3/h11-12H,5-10H2,1-4H3. The highest BCUT2D eigenvalue weighted by Crippen LogP contribution is 2.46. The van der Waals surface area contributed by atoms with E-state index in [-0.39, 0.29) is 0 Å². The molecule has 2 unspecified atom stereocenters. The summed E-state index contributed by atoms with van der Waals surface area (Å²) in [4.78, 5) is 0. The minimum absolute atomic E-state index is 0.689. The smallest absolute Gasteiger partial charge is 0.0300 e. The molecule has 0 spiro atoms. The lowest BCUT2D eigenvalue weighted by Crippen LogP contribution is -2.19. The highest BCUT2D eigenvalue weighted by Gasteiger charge is 2.34. The van der Waals surface area contributed by atoms with Crippen LogP contribution in [0.2, 0.25) is 0 Å². The van der Waals surface area contributed by atoms with Crippen LogP contribution in [0.4, 0.5) is 0 Å². The SMILES string of the molecule is CC(C)CCCC1(C)CCCC1C. The van der Waals surface area contributed by atoms with Crippen LogP contribution in [0.1, 0.15) is 66.2 Å². The minimum atomic E-state index is 0.689. The summed E-state index contributed by atoms with van der Waals surface area (Å²) in [5, 5.41) is 0. The average Bonchev–Trinajstić information content (AvgIpc) is 2.32. The summed E-state index contributed by atoms with van der Waals surface area (Å²) in [6.45, 7) is 9.62. The third kappa shape index (κ3) is 3.00. The first-order valence-corrected chi connectivity index (χ1v) is 6.04. The van der Waals surface area contributed by atoms with E-state index in [1.54, 1.807) is 0 Å². The molecule has 0 aliphatic heterocycles. The summed E-state index contributed by atoms with van der Waals surface area (Å²) in [6, 6.07) is 0. The Hall–Kier alpha value is 0. The molecule has 1 saturated carbocycles. The van der Waals surface area contributed by atoms with Crippen LogP contribution < -0.4 is 0 Å². The van der Waals surface area contributed by atoms with Crippen molar-refractivity contribution in [3.8, 4) is 0 Å². The summed E-state index contributed by atoms with van der Waals surface area (Å²) in [5.74, 6) is 1.86. The Labute approximate surface area is 84.1 Å². The van der Waals surface area contributed by atoms with Gasteiger partial charge in [-0.1, -0.05) is 53.4 Å². The fourth-order valence-electron chi connectivity index (χ4n) is 2.69. The molecule has 0 aromatic rings. The fraction of sp³-hybridized carbons (Fsp3) is 1.00. The minimum Gasteiger partial charge on any atom is -0.0628 e. The highest BCUT2D eigenvalue weighted by molar-refractivity contribution is 4.85. The maximum atomic E-state index is 2.50. The van der Waals surface area contributed by atoms with Gasteiger partial charge in [0.1, 0.15) is 0 Å². The molecule has 0 aromatic carbocycles. The molecule has 0 aromatic heterocycles. The van der Waals surface area contributed by atoms with E-state index in [4.69, 9.17) is 0 Å². The molecule has 78 valence electrons. The maximum absolute atomic E-state index is 2.50. The van der Waals surface area contributed by atoms with E-state index in [1.165, 1.54) is 38.5 Å². The van der Waals surface area contributed by atoms with Crippen LogP contribution >= 0.6 is 0 Å². The zero-order chi connectivity index (χ0) is 9.90. The van der Waals surface area contributed by atoms with Crippen LogP contribution in [0.25, 0.3) is 0 Å². The van der Waals surface area contributed by atoms with Gasteiger partial charge in [-0.15, -0.1) is 0 Å². The molecule has 0 nitrogen and oxygen atoms in total. The second-order valence-corrected chi connectivity index (χ2v) is 5.73. The van der Waals surface area contributed by atoms with Gasteiger partial charge < -0.3 is 0 Å².